The third-order valence-corrected chi connectivity index (χ3v) is 4.73. The zero-order chi connectivity index (χ0) is 18.0. The van der Waals surface area contributed by atoms with E-state index in [9.17, 15) is 4.79 Å². The average Bonchev–Trinajstić information content (AvgIpc) is 2.68. The van der Waals surface area contributed by atoms with E-state index in [-0.39, 0.29) is 5.91 Å². The second kappa shape index (κ2) is 9.68. The third-order valence-electron chi connectivity index (χ3n) is 3.70. The van der Waals surface area contributed by atoms with E-state index in [1.807, 2.05) is 72.8 Å². The zero-order valence-electron chi connectivity index (χ0n) is 14.4. The topological polar surface area (TPSA) is 38.3 Å². The molecule has 3 aromatic rings. The molecule has 3 aromatic carbocycles. The lowest BCUT2D eigenvalue weighted by Gasteiger charge is -2.08. The van der Waals surface area contributed by atoms with Gasteiger partial charge >= 0.3 is 0 Å². The quantitative estimate of drug-likeness (QED) is 0.519. The van der Waals surface area contributed by atoms with Crippen molar-refractivity contribution in [3.8, 4) is 11.5 Å². The van der Waals surface area contributed by atoms with Crippen molar-refractivity contribution < 1.29 is 9.53 Å². The van der Waals surface area contributed by atoms with Crippen LogP contribution in [0.2, 0.25) is 0 Å². The molecule has 0 aromatic heterocycles. The smallest absolute Gasteiger partial charge is 0.225 e. The van der Waals surface area contributed by atoms with Crippen LogP contribution in [0.15, 0.2) is 84.9 Å². The van der Waals surface area contributed by atoms with Gasteiger partial charge in [0.25, 0.3) is 0 Å². The van der Waals surface area contributed by atoms with Gasteiger partial charge in [-0.25, -0.2) is 0 Å². The number of carbonyl (C=O) groups excluding carboxylic acids is 1. The summed E-state index contributed by atoms with van der Waals surface area (Å²) in [6.45, 7) is 0. The van der Waals surface area contributed by atoms with Gasteiger partial charge in [0.05, 0.1) is 0 Å². The van der Waals surface area contributed by atoms with Crippen LogP contribution in [0.25, 0.3) is 0 Å². The van der Waals surface area contributed by atoms with E-state index in [1.54, 1.807) is 11.8 Å². The minimum Gasteiger partial charge on any atom is -0.457 e. The van der Waals surface area contributed by atoms with Gasteiger partial charge in [0.15, 0.2) is 0 Å². The summed E-state index contributed by atoms with van der Waals surface area (Å²) in [6.07, 6.45) is 0.500. The fourth-order valence-electron chi connectivity index (χ4n) is 2.38. The molecule has 0 fully saturated rings. The molecule has 26 heavy (non-hydrogen) atoms. The summed E-state index contributed by atoms with van der Waals surface area (Å²) in [5.74, 6) is 3.30. The Labute approximate surface area is 158 Å². The Hall–Kier alpha value is -2.72. The number of carbonyl (C=O) groups is 1. The SMILES string of the molecule is O=C(CCSCc1ccccc1)Nc1ccc(Oc2ccccc2)cc1. The Balaban J connectivity index is 1.40. The lowest BCUT2D eigenvalue weighted by atomic mass is 10.2. The molecule has 0 aliphatic heterocycles. The number of thioether (sulfide) groups is 1. The molecule has 0 bridgehead atoms. The van der Waals surface area contributed by atoms with Gasteiger partial charge in [-0.15, -0.1) is 0 Å². The predicted molar refractivity (Wildman–Crippen MR) is 109 cm³/mol. The first-order valence-corrected chi connectivity index (χ1v) is 9.69. The molecule has 0 aliphatic rings. The van der Waals surface area contributed by atoms with E-state index in [0.717, 1.165) is 28.7 Å². The maximum Gasteiger partial charge on any atom is 0.225 e. The van der Waals surface area contributed by atoms with Crippen molar-refractivity contribution in [2.45, 2.75) is 12.2 Å². The van der Waals surface area contributed by atoms with Crippen molar-refractivity contribution in [3.63, 3.8) is 0 Å². The largest absolute Gasteiger partial charge is 0.457 e. The highest BCUT2D eigenvalue weighted by Gasteiger charge is 2.04. The maximum absolute atomic E-state index is 12.0. The third kappa shape index (κ3) is 5.97. The Morgan fingerprint density at radius 3 is 2.12 bits per heavy atom. The number of amides is 1. The first-order valence-electron chi connectivity index (χ1n) is 8.54. The lowest BCUT2D eigenvalue weighted by molar-refractivity contribution is -0.115. The average molecular weight is 363 g/mol. The van der Waals surface area contributed by atoms with Crippen molar-refractivity contribution in [2.24, 2.45) is 0 Å². The molecule has 0 unspecified atom stereocenters. The van der Waals surface area contributed by atoms with Crippen LogP contribution in [0.5, 0.6) is 11.5 Å². The van der Waals surface area contributed by atoms with Crippen LogP contribution >= 0.6 is 11.8 Å². The molecule has 0 radical (unpaired) electrons. The Kier molecular flexibility index (Phi) is 6.73. The van der Waals surface area contributed by atoms with Crippen LogP contribution in [0.4, 0.5) is 5.69 Å². The second-order valence-electron chi connectivity index (χ2n) is 5.78. The highest BCUT2D eigenvalue weighted by atomic mass is 32.2. The van der Waals surface area contributed by atoms with Gasteiger partial charge in [-0.05, 0) is 42.0 Å². The molecule has 132 valence electrons. The van der Waals surface area contributed by atoms with Gasteiger partial charge in [0, 0.05) is 23.6 Å². The summed E-state index contributed by atoms with van der Waals surface area (Å²) in [6, 6.07) is 27.3. The number of rotatable bonds is 8. The predicted octanol–water partition coefficient (Wildman–Crippen LogP) is 5.74. The summed E-state index contributed by atoms with van der Waals surface area (Å²) < 4.78 is 5.74. The number of nitrogens with one attached hydrogen (secondary N) is 1. The molecule has 0 saturated heterocycles. The molecule has 3 nitrogen and oxygen atoms in total. The molecule has 1 amide bonds. The van der Waals surface area contributed by atoms with Crippen LogP contribution in [0.1, 0.15) is 12.0 Å². The van der Waals surface area contributed by atoms with Gasteiger partial charge in [-0.2, -0.15) is 11.8 Å². The summed E-state index contributed by atoms with van der Waals surface area (Å²) in [5, 5.41) is 2.92. The molecule has 1 N–H and O–H groups in total. The normalized spacial score (nSPS) is 10.3. The number of ether oxygens (including phenoxy) is 1. The molecule has 3 rings (SSSR count). The fourth-order valence-corrected chi connectivity index (χ4v) is 3.29. The first-order chi connectivity index (χ1) is 12.8. The van der Waals surface area contributed by atoms with Crippen LogP contribution in [-0.4, -0.2) is 11.7 Å². The summed E-state index contributed by atoms with van der Waals surface area (Å²) in [7, 11) is 0. The highest BCUT2D eigenvalue weighted by molar-refractivity contribution is 7.98. The lowest BCUT2D eigenvalue weighted by Crippen LogP contribution is -2.12. The highest BCUT2D eigenvalue weighted by Crippen LogP contribution is 2.22. The van der Waals surface area contributed by atoms with Gasteiger partial charge in [0.2, 0.25) is 5.91 Å². The second-order valence-corrected chi connectivity index (χ2v) is 6.88. The number of benzene rings is 3. The van der Waals surface area contributed by atoms with Gasteiger partial charge in [-0.3, -0.25) is 4.79 Å². The molecule has 0 heterocycles. The monoisotopic (exact) mass is 363 g/mol. The summed E-state index contributed by atoms with van der Waals surface area (Å²) in [4.78, 5) is 12.0. The summed E-state index contributed by atoms with van der Waals surface area (Å²) >= 11 is 1.77. The Bertz CT molecular complexity index is 805. The summed E-state index contributed by atoms with van der Waals surface area (Å²) in [5.41, 5.74) is 2.07. The first kappa shape index (κ1) is 18.1. The minimum atomic E-state index is 0.0299. The van der Waals surface area contributed by atoms with Crippen molar-refractivity contribution in [1.82, 2.24) is 0 Å². The van der Waals surface area contributed by atoms with Crippen molar-refractivity contribution in [1.29, 1.82) is 0 Å². The van der Waals surface area contributed by atoms with E-state index in [2.05, 4.69) is 17.4 Å². The van der Waals surface area contributed by atoms with E-state index in [0.29, 0.717) is 6.42 Å². The van der Waals surface area contributed by atoms with Crippen LogP contribution in [0.3, 0.4) is 0 Å². The molecular formula is C22H21NO2S. The van der Waals surface area contributed by atoms with Crippen molar-refractivity contribution in [2.75, 3.05) is 11.1 Å². The number of hydrogen-bond acceptors (Lipinski definition) is 3. The number of anilines is 1. The van der Waals surface area contributed by atoms with Crippen molar-refractivity contribution in [3.05, 3.63) is 90.5 Å². The Morgan fingerprint density at radius 2 is 1.42 bits per heavy atom. The fraction of sp³-hybridized carbons (Fsp3) is 0.136. The number of para-hydroxylation sites is 1. The molecule has 0 spiro atoms. The van der Waals surface area contributed by atoms with Gasteiger partial charge in [0.1, 0.15) is 11.5 Å². The molecule has 0 aliphatic carbocycles. The van der Waals surface area contributed by atoms with E-state index in [1.165, 1.54) is 5.56 Å². The van der Waals surface area contributed by atoms with Crippen LogP contribution < -0.4 is 10.1 Å². The maximum atomic E-state index is 12.0. The number of hydrogen-bond donors (Lipinski definition) is 1. The zero-order valence-corrected chi connectivity index (χ0v) is 15.2. The van der Waals surface area contributed by atoms with E-state index < -0.39 is 0 Å². The van der Waals surface area contributed by atoms with Gasteiger partial charge < -0.3 is 10.1 Å². The van der Waals surface area contributed by atoms with Crippen LogP contribution in [0, 0.1) is 0 Å². The Morgan fingerprint density at radius 1 is 0.808 bits per heavy atom. The van der Waals surface area contributed by atoms with E-state index in [4.69, 9.17) is 4.74 Å². The van der Waals surface area contributed by atoms with Crippen molar-refractivity contribution >= 4 is 23.4 Å². The minimum absolute atomic E-state index is 0.0299. The molecule has 0 atom stereocenters. The van der Waals surface area contributed by atoms with E-state index >= 15 is 0 Å². The molecule has 4 heteroatoms. The van der Waals surface area contributed by atoms with Gasteiger partial charge in [-0.1, -0.05) is 48.5 Å². The molecule has 0 saturated carbocycles. The van der Waals surface area contributed by atoms with Crippen LogP contribution in [-0.2, 0) is 10.5 Å². The molecular weight excluding hydrogens is 342 g/mol. The standard InChI is InChI=1S/C22H21NO2S/c24-22(15-16-26-17-18-7-3-1-4-8-18)23-19-11-13-21(14-12-19)25-20-9-5-2-6-10-20/h1-14H,15-17H2,(H,23,24).